The molecule has 0 fully saturated rings. The molecule has 0 spiro atoms. The summed E-state index contributed by atoms with van der Waals surface area (Å²) < 4.78 is 23.3. The van der Waals surface area contributed by atoms with Crippen molar-refractivity contribution >= 4 is 27.3 Å². The number of para-hydroxylation sites is 1. The van der Waals surface area contributed by atoms with Gasteiger partial charge in [-0.1, -0.05) is 48.5 Å². The maximum absolute atomic E-state index is 14.7. The van der Waals surface area contributed by atoms with E-state index in [1.807, 2.05) is 71.4 Å². The Morgan fingerprint density at radius 2 is 1.79 bits per heavy atom. The van der Waals surface area contributed by atoms with Gasteiger partial charge in [-0.05, 0) is 35.4 Å². The lowest BCUT2D eigenvalue weighted by molar-refractivity contribution is 0.0953. The Balaban J connectivity index is 1.32. The molecule has 0 bridgehead atoms. The number of carbonyl (C=O) groups excluding carboxylic acids is 1. The van der Waals surface area contributed by atoms with Gasteiger partial charge in [-0.3, -0.25) is 4.79 Å². The fourth-order valence-corrected chi connectivity index (χ4v) is 4.92. The van der Waals surface area contributed by atoms with Crippen LogP contribution in [0.5, 0.6) is 5.75 Å². The number of aromatic nitrogens is 2. The van der Waals surface area contributed by atoms with Crippen LogP contribution in [0, 0.1) is 5.82 Å². The van der Waals surface area contributed by atoms with Gasteiger partial charge < -0.3 is 14.6 Å². The van der Waals surface area contributed by atoms with Crippen molar-refractivity contribution in [3.8, 4) is 5.75 Å². The Morgan fingerprint density at radius 3 is 2.56 bits per heavy atom. The molecule has 0 unspecified atom stereocenters. The molecule has 0 radical (unpaired) electrons. The van der Waals surface area contributed by atoms with Crippen molar-refractivity contribution in [2.24, 2.45) is 0 Å². The van der Waals surface area contributed by atoms with E-state index in [0.29, 0.717) is 28.1 Å². The summed E-state index contributed by atoms with van der Waals surface area (Å²) in [6.07, 6.45) is 5.45. The molecule has 0 atom stereocenters. The molecule has 2 aromatic heterocycles. The predicted octanol–water partition coefficient (Wildman–Crippen LogP) is 5.79. The maximum atomic E-state index is 14.7. The van der Waals surface area contributed by atoms with Crippen LogP contribution in [0.15, 0.2) is 91.5 Å². The summed E-state index contributed by atoms with van der Waals surface area (Å²) in [7, 11) is 0. The molecule has 1 N–H and O–H groups in total. The van der Waals surface area contributed by atoms with Crippen LogP contribution in [0.3, 0.4) is 0 Å². The number of carbonyl (C=O) groups is 1. The predicted molar refractivity (Wildman–Crippen MR) is 131 cm³/mol. The summed E-state index contributed by atoms with van der Waals surface area (Å²) in [4.78, 5) is 17.6. The van der Waals surface area contributed by atoms with Crippen molar-refractivity contribution in [1.29, 1.82) is 0 Å². The van der Waals surface area contributed by atoms with Gasteiger partial charge in [0.1, 0.15) is 18.2 Å². The number of ether oxygens (including phenoxy) is 1. The van der Waals surface area contributed by atoms with E-state index in [4.69, 9.17) is 4.74 Å². The zero-order chi connectivity index (χ0) is 23.3. The minimum absolute atomic E-state index is 0.108. The van der Waals surface area contributed by atoms with Gasteiger partial charge in [0.25, 0.3) is 5.91 Å². The second-order valence-electron chi connectivity index (χ2n) is 7.86. The first kappa shape index (κ1) is 21.9. The molecule has 0 saturated heterocycles. The Hall–Kier alpha value is -3.97. The molecule has 7 heteroatoms. The molecule has 0 aliphatic heterocycles. The second kappa shape index (κ2) is 9.89. The topological polar surface area (TPSA) is 56.2 Å². The summed E-state index contributed by atoms with van der Waals surface area (Å²) in [5.41, 5.74) is 2.70. The highest BCUT2D eigenvalue weighted by molar-refractivity contribution is 7.21. The quantitative estimate of drug-likeness (QED) is 0.311. The standard InChI is InChI=1S/C27H22FN3O2S/c28-23-7-4-8-24-25(23)22(17-33-21-5-2-1-3-6-21)26(34-24)27(32)30-15-19-9-11-20(12-10-19)16-31-14-13-29-18-31/h1-14,18H,15-17H2,(H,30,32). The summed E-state index contributed by atoms with van der Waals surface area (Å²) in [5.74, 6) is 0.0722. The number of fused-ring (bicyclic) bond motifs is 1. The third-order valence-corrected chi connectivity index (χ3v) is 6.69. The lowest BCUT2D eigenvalue weighted by atomic mass is 10.1. The van der Waals surface area contributed by atoms with Crippen LogP contribution in [0.1, 0.15) is 26.4 Å². The lowest BCUT2D eigenvalue weighted by Gasteiger charge is -2.10. The molecule has 170 valence electrons. The number of halogens is 1. The van der Waals surface area contributed by atoms with E-state index in [-0.39, 0.29) is 18.3 Å². The highest BCUT2D eigenvalue weighted by atomic mass is 32.1. The average Bonchev–Trinajstić information content (AvgIpc) is 3.51. The fourth-order valence-electron chi connectivity index (χ4n) is 3.78. The molecule has 5 nitrogen and oxygen atoms in total. The molecule has 5 rings (SSSR count). The van der Waals surface area contributed by atoms with Crippen LogP contribution < -0.4 is 10.1 Å². The van der Waals surface area contributed by atoms with Crippen LogP contribution in [0.25, 0.3) is 10.1 Å². The van der Waals surface area contributed by atoms with Gasteiger partial charge in [-0.15, -0.1) is 11.3 Å². The van der Waals surface area contributed by atoms with Gasteiger partial charge in [0.15, 0.2) is 0 Å². The first-order valence-corrected chi connectivity index (χ1v) is 11.7. The molecule has 0 aliphatic rings. The van der Waals surface area contributed by atoms with Crippen molar-refractivity contribution in [3.05, 3.63) is 119 Å². The Kier molecular flexibility index (Phi) is 6.35. The van der Waals surface area contributed by atoms with Gasteiger partial charge in [-0.25, -0.2) is 9.37 Å². The van der Waals surface area contributed by atoms with Crippen LogP contribution in [0.4, 0.5) is 4.39 Å². The normalized spacial score (nSPS) is 11.0. The van der Waals surface area contributed by atoms with E-state index in [2.05, 4.69) is 10.3 Å². The van der Waals surface area contributed by atoms with Crippen LogP contribution in [0.2, 0.25) is 0 Å². The van der Waals surface area contributed by atoms with Crippen molar-refractivity contribution in [2.45, 2.75) is 19.7 Å². The first-order valence-electron chi connectivity index (χ1n) is 10.9. The number of nitrogens with zero attached hydrogens (tertiary/aromatic N) is 2. The Labute approximate surface area is 200 Å². The van der Waals surface area contributed by atoms with Gasteiger partial charge >= 0.3 is 0 Å². The molecule has 5 aromatic rings. The molecule has 2 heterocycles. The van der Waals surface area contributed by atoms with Crippen LogP contribution in [-0.2, 0) is 19.7 Å². The number of hydrogen-bond donors (Lipinski definition) is 1. The summed E-state index contributed by atoms with van der Waals surface area (Å²) in [5, 5.41) is 3.42. The minimum Gasteiger partial charge on any atom is -0.489 e. The highest BCUT2D eigenvalue weighted by Crippen LogP contribution is 2.34. The van der Waals surface area contributed by atoms with Gasteiger partial charge in [0.05, 0.1) is 11.2 Å². The van der Waals surface area contributed by atoms with Gasteiger partial charge in [0, 0.05) is 41.1 Å². The molecule has 0 aliphatic carbocycles. The number of rotatable bonds is 8. The Morgan fingerprint density at radius 1 is 1.00 bits per heavy atom. The second-order valence-corrected chi connectivity index (χ2v) is 8.91. The zero-order valence-electron chi connectivity index (χ0n) is 18.3. The SMILES string of the molecule is O=C(NCc1ccc(Cn2ccnc2)cc1)c1sc2cccc(F)c2c1COc1ccccc1. The van der Waals surface area contributed by atoms with Gasteiger partial charge in [-0.2, -0.15) is 0 Å². The van der Waals surface area contributed by atoms with Crippen molar-refractivity contribution in [3.63, 3.8) is 0 Å². The highest BCUT2D eigenvalue weighted by Gasteiger charge is 2.21. The van der Waals surface area contributed by atoms with Crippen molar-refractivity contribution < 1.29 is 13.9 Å². The molecular formula is C27H22FN3O2S. The minimum atomic E-state index is -0.354. The number of benzene rings is 3. The monoisotopic (exact) mass is 471 g/mol. The maximum Gasteiger partial charge on any atom is 0.262 e. The van der Waals surface area contributed by atoms with Gasteiger partial charge in [0.2, 0.25) is 0 Å². The van der Waals surface area contributed by atoms with Crippen LogP contribution >= 0.6 is 11.3 Å². The number of amides is 1. The number of hydrogen-bond acceptors (Lipinski definition) is 4. The summed E-state index contributed by atoms with van der Waals surface area (Å²) in [6, 6.07) is 22.3. The lowest BCUT2D eigenvalue weighted by Crippen LogP contribution is -2.23. The molecule has 3 aromatic carbocycles. The summed E-state index contributed by atoms with van der Waals surface area (Å²) >= 11 is 1.28. The van der Waals surface area contributed by atoms with E-state index >= 15 is 0 Å². The first-order chi connectivity index (χ1) is 16.7. The van der Waals surface area contributed by atoms with E-state index in [1.165, 1.54) is 17.4 Å². The fraction of sp³-hybridized carbons (Fsp3) is 0.111. The molecular weight excluding hydrogens is 449 g/mol. The molecule has 34 heavy (non-hydrogen) atoms. The number of thiophene rings is 1. The van der Waals surface area contributed by atoms with Crippen molar-refractivity contribution in [1.82, 2.24) is 14.9 Å². The zero-order valence-corrected chi connectivity index (χ0v) is 19.1. The van der Waals surface area contributed by atoms with E-state index < -0.39 is 0 Å². The van der Waals surface area contributed by atoms with Crippen molar-refractivity contribution in [2.75, 3.05) is 0 Å². The van der Waals surface area contributed by atoms with E-state index in [0.717, 1.165) is 22.4 Å². The smallest absolute Gasteiger partial charge is 0.262 e. The molecule has 0 saturated carbocycles. The number of imidazole rings is 1. The van der Waals surface area contributed by atoms with E-state index in [1.54, 1.807) is 18.6 Å². The largest absolute Gasteiger partial charge is 0.489 e. The molecule has 1 amide bonds. The average molecular weight is 472 g/mol. The number of nitrogens with one attached hydrogen (secondary N) is 1. The van der Waals surface area contributed by atoms with Crippen LogP contribution in [-0.4, -0.2) is 15.5 Å². The Bertz CT molecular complexity index is 1400. The third-order valence-electron chi connectivity index (χ3n) is 5.50. The third kappa shape index (κ3) is 4.84. The summed E-state index contributed by atoms with van der Waals surface area (Å²) in [6.45, 7) is 1.22. The van der Waals surface area contributed by atoms with E-state index in [9.17, 15) is 9.18 Å².